The molecule has 21 heavy (non-hydrogen) atoms. The first-order valence-corrected chi connectivity index (χ1v) is 6.66. The van der Waals surface area contributed by atoms with Crippen molar-refractivity contribution in [2.75, 3.05) is 0 Å². The fourth-order valence-electron chi connectivity index (χ4n) is 2.69. The number of carbonyl (C=O) groups excluding carboxylic acids is 2. The third-order valence-electron chi connectivity index (χ3n) is 3.56. The van der Waals surface area contributed by atoms with E-state index < -0.39 is 0 Å². The Balaban J connectivity index is 1.85. The molecule has 108 valence electrons. The summed E-state index contributed by atoms with van der Waals surface area (Å²) in [5, 5.41) is 15.6. The number of aromatic amines is 1. The van der Waals surface area contributed by atoms with Crippen LogP contribution >= 0.6 is 0 Å². The van der Waals surface area contributed by atoms with Crippen LogP contribution in [0, 0.1) is 0 Å². The molecule has 1 aliphatic carbocycles. The van der Waals surface area contributed by atoms with Crippen LogP contribution in [0.15, 0.2) is 30.5 Å². The van der Waals surface area contributed by atoms with Crippen molar-refractivity contribution in [3.05, 3.63) is 47.3 Å². The molecule has 1 aromatic heterocycles. The quantitative estimate of drug-likeness (QED) is 0.757. The predicted molar refractivity (Wildman–Crippen MR) is 74.3 cm³/mol. The van der Waals surface area contributed by atoms with Gasteiger partial charge in [0.2, 0.25) is 5.91 Å². The zero-order chi connectivity index (χ0) is 14.8. The van der Waals surface area contributed by atoms with E-state index in [-0.39, 0.29) is 29.6 Å². The second-order valence-corrected chi connectivity index (χ2v) is 5.02. The van der Waals surface area contributed by atoms with E-state index in [2.05, 4.69) is 26.0 Å². The number of hydrogen-bond acceptors (Lipinski definition) is 4. The van der Waals surface area contributed by atoms with Crippen molar-refractivity contribution in [3.8, 4) is 0 Å². The van der Waals surface area contributed by atoms with Gasteiger partial charge in [-0.1, -0.05) is 24.3 Å². The van der Waals surface area contributed by atoms with Crippen molar-refractivity contribution in [1.29, 1.82) is 0 Å². The van der Waals surface area contributed by atoms with Crippen molar-refractivity contribution >= 4 is 11.8 Å². The summed E-state index contributed by atoms with van der Waals surface area (Å²) in [6.07, 6.45) is 2.06. The Morgan fingerprint density at radius 2 is 2.10 bits per heavy atom. The van der Waals surface area contributed by atoms with Crippen molar-refractivity contribution in [3.63, 3.8) is 0 Å². The van der Waals surface area contributed by atoms with Gasteiger partial charge in [-0.15, -0.1) is 0 Å². The van der Waals surface area contributed by atoms with Crippen LogP contribution in [0.4, 0.5) is 0 Å². The predicted octanol–water partition coefficient (Wildman–Crippen LogP) is 0.337. The lowest BCUT2D eigenvalue weighted by atomic mass is 10.1. The third-order valence-corrected chi connectivity index (χ3v) is 3.56. The number of rotatable bonds is 3. The van der Waals surface area contributed by atoms with Gasteiger partial charge in [0, 0.05) is 6.92 Å². The minimum atomic E-state index is -0.319. The van der Waals surface area contributed by atoms with Crippen LogP contribution < -0.4 is 10.6 Å². The zero-order valence-corrected chi connectivity index (χ0v) is 11.5. The second-order valence-electron chi connectivity index (χ2n) is 5.02. The van der Waals surface area contributed by atoms with Gasteiger partial charge in [-0.05, 0) is 17.5 Å². The average molecular weight is 285 g/mol. The molecular formula is C14H15N5O2. The number of hydrogen-bond donors (Lipinski definition) is 3. The molecule has 2 amide bonds. The van der Waals surface area contributed by atoms with Crippen molar-refractivity contribution < 1.29 is 9.59 Å². The van der Waals surface area contributed by atoms with E-state index >= 15 is 0 Å². The lowest BCUT2D eigenvalue weighted by molar-refractivity contribution is -0.119. The molecule has 0 fully saturated rings. The van der Waals surface area contributed by atoms with Crippen LogP contribution in [0.3, 0.4) is 0 Å². The molecule has 3 N–H and O–H groups in total. The van der Waals surface area contributed by atoms with Gasteiger partial charge in [0.05, 0.1) is 18.3 Å². The monoisotopic (exact) mass is 285 g/mol. The lowest BCUT2D eigenvalue weighted by Gasteiger charge is -2.22. The molecule has 1 aliphatic rings. The van der Waals surface area contributed by atoms with Gasteiger partial charge in [0.15, 0.2) is 5.69 Å². The van der Waals surface area contributed by atoms with Crippen LogP contribution in [0.1, 0.15) is 34.6 Å². The normalized spacial score (nSPS) is 19.9. The smallest absolute Gasteiger partial charge is 0.274 e. The van der Waals surface area contributed by atoms with Crippen LogP contribution in [0.2, 0.25) is 0 Å². The van der Waals surface area contributed by atoms with Gasteiger partial charge in [-0.2, -0.15) is 15.4 Å². The Labute approximate surface area is 121 Å². The average Bonchev–Trinajstić information content (AvgIpc) is 3.07. The molecule has 0 saturated heterocycles. The number of fused-ring (bicyclic) bond motifs is 1. The third kappa shape index (κ3) is 2.62. The van der Waals surface area contributed by atoms with E-state index in [1.807, 2.05) is 24.3 Å². The van der Waals surface area contributed by atoms with E-state index in [0.29, 0.717) is 6.42 Å². The summed E-state index contributed by atoms with van der Waals surface area (Å²) >= 11 is 0. The number of nitrogens with one attached hydrogen (secondary N) is 3. The van der Waals surface area contributed by atoms with Gasteiger partial charge in [0.25, 0.3) is 5.91 Å². The molecule has 1 aromatic carbocycles. The maximum absolute atomic E-state index is 12.2. The molecule has 2 aromatic rings. The van der Waals surface area contributed by atoms with E-state index in [0.717, 1.165) is 11.1 Å². The van der Waals surface area contributed by atoms with E-state index in [4.69, 9.17) is 0 Å². The molecule has 3 rings (SSSR count). The first kappa shape index (κ1) is 13.3. The van der Waals surface area contributed by atoms with Crippen LogP contribution in [-0.2, 0) is 11.2 Å². The highest BCUT2D eigenvalue weighted by molar-refractivity contribution is 5.92. The van der Waals surface area contributed by atoms with Crippen LogP contribution in [0.25, 0.3) is 0 Å². The standard InChI is InChI=1S/C14H15N5O2/c1-8(20)16-11-6-9-4-2-3-5-10(9)13(11)17-14(21)12-7-15-19-18-12/h2-5,7,11,13H,6H2,1H3,(H,16,20)(H,17,21)(H,15,18,19)/t11-,13-/m1/s1. The fraction of sp³-hybridized carbons (Fsp3) is 0.286. The van der Waals surface area contributed by atoms with Gasteiger partial charge >= 0.3 is 0 Å². The highest BCUT2D eigenvalue weighted by Crippen LogP contribution is 2.31. The molecule has 0 saturated carbocycles. The van der Waals surface area contributed by atoms with Gasteiger partial charge in [-0.3, -0.25) is 9.59 Å². The first-order valence-electron chi connectivity index (χ1n) is 6.66. The summed E-state index contributed by atoms with van der Waals surface area (Å²) in [7, 11) is 0. The zero-order valence-electron chi connectivity index (χ0n) is 11.5. The second kappa shape index (κ2) is 5.35. The molecule has 1 heterocycles. The molecule has 7 heteroatoms. The van der Waals surface area contributed by atoms with Crippen LogP contribution in [0.5, 0.6) is 0 Å². The molecule has 0 radical (unpaired) electrons. The number of aromatic nitrogens is 3. The maximum Gasteiger partial charge on any atom is 0.274 e. The number of amides is 2. The minimum absolute atomic E-state index is 0.117. The molecule has 0 unspecified atom stereocenters. The molecule has 0 spiro atoms. The van der Waals surface area contributed by atoms with Crippen molar-refractivity contribution in [1.82, 2.24) is 26.0 Å². The highest BCUT2D eigenvalue weighted by atomic mass is 16.2. The Kier molecular flexibility index (Phi) is 3.39. The van der Waals surface area contributed by atoms with Crippen molar-refractivity contribution in [2.45, 2.75) is 25.4 Å². The number of benzene rings is 1. The molecule has 2 atom stereocenters. The number of nitrogens with zero attached hydrogens (tertiary/aromatic N) is 2. The van der Waals surface area contributed by atoms with E-state index in [9.17, 15) is 9.59 Å². The molecular weight excluding hydrogens is 270 g/mol. The Bertz CT molecular complexity index is 668. The van der Waals surface area contributed by atoms with Crippen LogP contribution in [-0.4, -0.2) is 33.3 Å². The fourth-order valence-corrected chi connectivity index (χ4v) is 2.69. The van der Waals surface area contributed by atoms with E-state index in [1.54, 1.807) is 0 Å². The largest absolute Gasteiger partial charge is 0.351 e. The summed E-state index contributed by atoms with van der Waals surface area (Å²) in [6.45, 7) is 1.47. The highest BCUT2D eigenvalue weighted by Gasteiger charge is 2.34. The Morgan fingerprint density at radius 1 is 1.29 bits per heavy atom. The summed E-state index contributed by atoms with van der Waals surface area (Å²) in [5.41, 5.74) is 2.37. The molecule has 0 aliphatic heterocycles. The topological polar surface area (TPSA) is 99.8 Å². The number of carbonyl (C=O) groups is 2. The minimum Gasteiger partial charge on any atom is -0.351 e. The number of H-pyrrole nitrogens is 1. The van der Waals surface area contributed by atoms with Crippen molar-refractivity contribution in [2.24, 2.45) is 0 Å². The summed E-state index contributed by atoms with van der Waals surface area (Å²) < 4.78 is 0. The lowest BCUT2D eigenvalue weighted by Crippen LogP contribution is -2.43. The maximum atomic E-state index is 12.2. The summed E-state index contributed by atoms with van der Waals surface area (Å²) in [4.78, 5) is 23.5. The Morgan fingerprint density at radius 3 is 2.81 bits per heavy atom. The summed E-state index contributed by atoms with van der Waals surface area (Å²) in [5.74, 6) is -0.436. The SMILES string of the molecule is CC(=O)N[C@@H]1Cc2ccccc2[C@H]1NC(=O)c1cn[nH]n1. The van der Waals surface area contributed by atoms with Gasteiger partial charge < -0.3 is 10.6 Å². The summed E-state index contributed by atoms with van der Waals surface area (Å²) in [6, 6.07) is 7.41. The van der Waals surface area contributed by atoms with Gasteiger partial charge in [-0.25, -0.2) is 0 Å². The Hall–Kier alpha value is -2.70. The first-order chi connectivity index (χ1) is 10.1. The molecule has 7 nitrogen and oxygen atoms in total. The van der Waals surface area contributed by atoms with E-state index in [1.165, 1.54) is 13.1 Å². The molecule has 0 bridgehead atoms. The van der Waals surface area contributed by atoms with Gasteiger partial charge in [0.1, 0.15) is 0 Å².